The molecule has 1 saturated heterocycles. The van der Waals surface area contributed by atoms with Gasteiger partial charge in [-0.05, 0) is 12.8 Å². The molecule has 0 radical (unpaired) electrons. The van der Waals surface area contributed by atoms with E-state index < -0.39 is 34.5 Å². The molecule has 1 fully saturated rings. The molecule has 3 atom stereocenters. The van der Waals surface area contributed by atoms with Crippen molar-refractivity contribution in [1.82, 2.24) is 0 Å². The third-order valence-corrected chi connectivity index (χ3v) is 4.20. The Morgan fingerprint density at radius 1 is 1.00 bits per heavy atom. The van der Waals surface area contributed by atoms with Crippen LogP contribution in [0.3, 0.4) is 0 Å². The summed E-state index contributed by atoms with van der Waals surface area (Å²) in [6.45, 7) is 0. The van der Waals surface area contributed by atoms with Crippen molar-refractivity contribution in [3.05, 3.63) is 0 Å². The fourth-order valence-corrected chi connectivity index (χ4v) is 2.72. The van der Waals surface area contributed by atoms with E-state index in [4.69, 9.17) is 5.73 Å². The van der Waals surface area contributed by atoms with Gasteiger partial charge in [0.2, 0.25) is 6.23 Å². The Kier molecular flexibility index (Phi) is 7.20. The van der Waals surface area contributed by atoms with Crippen LogP contribution in [0.4, 0.5) is 0 Å². The molecule has 0 aromatic rings. The van der Waals surface area contributed by atoms with Gasteiger partial charge in [-0.2, -0.15) is 4.52 Å². The van der Waals surface area contributed by atoms with E-state index >= 15 is 0 Å². The first-order valence-corrected chi connectivity index (χ1v) is 7.96. The van der Waals surface area contributed by atoms with E-state index in [9.17, 15) is 18.7 Å². The van der Waals surface area contributed by atoms with Crippen molar-refractivity contribution >= 4 is 28.3 Å². The van der Waals surface area contributed by atoms with Gasteiger partial charge < -0.3 is 0 Å². The minimum atomic E-state index is -2.89. The topological polar surface area (TPSA) is 122 Å². The average molecular weight is 311 g/mol. The van der Waals surface area contributed by atoms with E-state index in [-0.39, 0.29) is 12.8 Å². The molecule has 0 amide bonds. The largest absolute Gasteiger partial charge is 0.803 e. The highest BCUT2D eigenvalue weighted by atomic mass is 31.2. The molecule has 8 nitrogen and oxygen atoms in total. The average Bonchev–Trinajstić information content (AvgIpc) is 2.31. The minimum absolute atomic E-state index is 0.0928. The van der Waals surface area contributed by atoms with Crippen LogP contribution in [0.25, 0.3) is 0 Å². The first kappa shape index (κ1) is 16.3. The van der Waals surface area contributed by atoms with Crippen molar-refractivity contribution in [2.45, 2.75) is 44.8 Å². The maximum Gasteiger partial charge on any atom is 0.803 e. The maximum atomic E-state index is 11.5. The summed E-state index contributed by atoms with van der Waals surface area (Å²) in [4.78, 5) is 22.7. The second kappa shape index (κ2) is 8.40. The molecule has 0 aromatic heterocycles. The smallest absolute Gasteiger partial charge is 0.295 e. The molecular formula is C9H15NO7P2+2. The van der Waals surface area contributed by atoms with Gasteiger partial charge in [-0.3, -0.25) is 10.5 Å². The van der Waals surface area contributed by atoms with Crippen LogP contribution in [0, 0.1) is 0 Å². The molecule has 19 heavy (non-hydrogen) atoms. The molecule has 1 rings (SSSR count). The summed E-state index contributed by atoms with van der Waals surface area (Å²) in [6.07, 6.45) is 1.55. The quantitative estimate of drug-likeness (QED) is 0.675. The van der Waals surface area contributed by atoms with Crippen LogP contribution in [0.15, 0.2) is 0 Å². The van der Waals surface area contributed by atoms with E-state index in [1.165, 1.54) is 0 Å². The van der Waals surface area contributed by atoms with Crippen molar-refractivity contribution in [3.63, 3.8) is 0 Å². The molecule has 3 unspecified atom stereocenters. The number of Topliss-reactive ketones (excluding diaryl/α,β-unsaturated/α-hetero) is 1. The molecule has 1 aliphatic rings. The molecule has 0 aliphatic carbocycles. The SMILES string of the molecule is NC1O[P+](=O)O[P+](=O)OC(=O)CCCCCCC1=O. The summed E-state index contributed by atoms with van der Waals surface area (Å²) in [6, 6.07) is 0. The minimum Gasteiger partial charge on any atom is -0.295 e. The fraction of sp³-hybridized carbons (Fsp3) is 0.778. The molecule has 106 valence electrons. The van der Waals surface area contributed by atoms with Gasteiger partial charge in [-0.1, -0.05) is 17.4 Å². The Balaban J connectivity index is 2.59. The summed E-state index contributed by atoms with van der Waals surface area (Å²) >= 11 is 0. The number of nitrogens with two attached hydrogens (primary N) is 1. The second-order valence-corrected chi connectivity index (χ2v) is 5.84. The van der Waals surface area contributed by atoms with Gasteiger partial charge in [0.25, 0.3) is 0 Å². The third kappa shape index (κ3) is 6.80. The van der Waals surface area contributed by atoms with Crippen LogP contribution in [0.2, 0.25) is 0 Å². The summed E-state index contributed by atoms with van der Waals surface area (Å²) in [5.41, 5.74) is 5.35. The van der Waals surface area contributed by atoms with Gasteiger partial charge >= 0.3 is 22.5 Å². The third-order valence-electron chi connectivity index (χ3n) is 2.38. The molecular weight excluding hydrogens is 296 g/mol. The predicted octanol–water partition coefficient (Wildman–Crippen LogP) is 2.09. The molecule has 0 bridgehead atoms. The van der Waals surface area contributed by atoms with E-state index in [2.05, 4.69) is 13.4 Å². The highest BCUT2D eigenvalue weighted by Gasteiger charge is 2.44. The van der Waals surface area contributed by atoms with Crippen LogP contribution in [0.1, 0.15) is 38.5 Å². The summed E-state index contributed by atoms with van der Waals surface area (Å²) in [5.74, 6) is -1.10. The van der Waals surface area contributed by atoms with Crippen LogP contribution in [-0.2, 0) is 32.1 Å². The molecule has 1 aliphatic heterocycles. The zero-order valence-corrected chi connectivity index (χ0v) is 11.9. The molecule has 0 spiro atoms. The molecule has 2 N–H and O–H groups in total. The molecule has 1 heterocycles. The molecule has 10 heteroatoms. The van der Waals surface area contributed by atoms with Crippen molar-refractivity contribution in [1.29, 1.82) is 0 Å². The Morgan fingerprint density at radius 3 is 2.32 bits per heavy atom. The Bertz CT molecular complexity index is 387. The number of carbonyl (C=O) groups excluding carboxylic acids is 2. The lowest BCUT2D eigenvalue weighted by atomic mass is 10.1. The van der Waals surface area contributed by atoms with Gasteiger partial charge in [-0.25, -0.2) is 4.79 Å². The highest BCUT2D eigenvalue weighted by Crippen LogP contribution is 2.40. The lowest BCUT2D eigenvalue weighted by Gasteiger charge is -2.03. The zero-order valence-electron chi connectivity index (χ0n) is 10.1. The van der Waals surface area contributed by atoms with Crippen molar-refractivity contribution in [2.24, 2.45) is 5.73 Å². The Labute approximate surface area is 111 Å². The maximum absolute atomic E-state index is 11.5. The molecule has 0 aromatic carbocycles. The number of ketones is 1. The Hall–Kier alpha value is -0.780. The standard InChI is InChI=1S/C9H15NO7P2/c10-9-7(11)5-3-1-2-4-6-8(12)15-18(13)17-19(14)16-9/h9H,1-6,10H2/q+2. The van der Waals surface area contributed by atoms with Gasteiger partial charge in [0.15, 0.2) is 10.1 Å². The number of rotatable bonds is 0. The van der Waals surface area contributed by atoms with Crippen LogP contribution >= 0.6 is 16.5 Å². The summed E-state index contributed by atoms with van der Waals surface area (Å²) in [5, 5.41) is 0. The van der Waals surface area contributed by atoms with Crippen LogP contribution in [-0.4, -0.2) is 18.0 Å². The van der Waals surface area contributed by atoms with E-state index in [0.29, 0.717) is 12.8 Å². The normalized spacial score (nSPS) is 28.6. The predicted molar refractivity (Wildman–Crippen MR) is 64.2 cm³/mol. The van der Waals surface area contributed by atoms with Crippen LogP contribution < -0.4 is 5.73 Å². The summed E-state index contributed by atoms with van der Waals surface area (Å²) < 4.78 is 35.6. The van der Waals surface area contributed by atoms with Gasteiger partial charge in [-0.15, -0.1) is 0 Å². The van der Waals surface area contributed by atoms with Crippen molar-refractivity contribution in [3.8, 4) is 0 Å². The first-order chi connectivity index (χ1) is 8.99. The lowest BCUT2D eigenvalue weighted by molar-refractivity contribution is -0.134. The number of hydrogen-bond donors (Lipinski definition) is 1. The van der Waals surface area contributed by atoms with Gasteiger partial charge in [0, 0.05) is 15.6 Å². The zero-order chi connectivity index (χ0) is 14.3. The fourth-order valence-electron chi connectivity index (χ4n) is 1.44. The number of hydrogen-bond acceptors (Lipinski definition) is 8. The van der Waals surface area contributed by atoms with Crippen molar-refractivity contribution in [2.75, 3.05) is 0 Å². The molecule has 0 saturated carbocycles. The lowest BCUT2D eigenvalue weighted by Crippen LogP contribution is -2.31. The van der Waals surface area contributed by atoms with E-state index in [1.807, 2.05) is 0 Å². The monoisotopic (exact) mass is 311 g/mol. The van der Waals surface area contributed by atoms with Gasteiger partial charge in [0.05, 0.1) is 6.42 Å². The van der Waals surface area contributed by atoms with E-state index in [0.717, 1.165) is 12.8 Å². The Morgan fingerprint density at radius 2 is 1.63 bits per heavy atom. The van der Waals surface area contributed by atoms with Crippen LogP contribution in [0.5, 0.6) is 0 Å². The second-order valence-electron chi connectivity index (χ2n) is 3.90. The first-order valence-electron chi connectivity index (χ1n) is 5.77. The number of carbonyl (C=O) groups is 2. The van der Waals surface area contributed by atoms with Crippen molar-refractivity contribution < 1.29 is 32.1 Å². The van der Waals surface area contributed by atoms with Gasteiger partial charge in [0.1, 0.15) is 0 Å². The highest BCUT2D eigenvalue weighted by molar-refractivity contribution is 7.47. The summed E-state index contributed by atoms with van der Waals surface area (Å²) in [7, 11) is -5.77. The van der Waals surface area contributed by atoms with E-state index in [1.54, 1.807) is 0 Å².